The number of pyridine rings is 1. The third kappa shape index (κ3) is 5.39. The van der Waals surface area contributed by atoms with Crippen molar-refractivity contribution in [1.82, 2.24) is 4.98 Å². The van der Waals surface area contributed by atoms with Crippen molar-refractivity contribution < 1.29 is 4.74 Å². The Kier molecular flexibility index (Phi) is 7.23. The molecular formula is C15H26N2O. The standard InChI is InChI=1S/C15H26N2O/c1-4-7-10-13(9-5-2)16-14-11-8-12-15(17-14)18-6-3/h8,11-13H,4-7,9-10H2,1-3H3,(H,16,17). The number of anilines is 1. The average Bonchev–Trinajstić information content (AvgIpc) is 2.37. The summed E-state index contributed by atoms with van der Waals surface area (Å²) in [4.78, 5) is 4.46. The van der Waals surface area contributed by atoms with E-state index in [9.17, 15) is 0 Å². The SMILES string of the molecule is CCCCC(CCC)Nc1cccc(OCC)n1. The van der Waals surface area contributed by atoms with E-state index in [-0.39, 0.29) is 0 Å². The Hall–Kier alpha value is -1.25. The zero-order chi connectivity index (χ0) is 13.2. The van der Waals surface area contributed by atoms with Crippen molar-refractivity contribution >= 4 is 5.82 Å². The summed E-state index contributed by atoms with van der Waals surface area (Å²) in [6, 6.07) is 6.43. The molecule has 0 aliphatic rings. The number of hydrogen-bond donors (Lipinski definition) is 1. The number of nitrogens with zero attached hydrogens (tertiary/aromatic N) is 1. The van der Waals surface area contributed by atoms with Crippen LogP contribution in [0, 0.1) is 0 Å². The molecule has 0 aromatic carbocycles. The number of ether oxygens (including phenoxy) is 1. The molecule has 0 fully saturated rings. The van der Waals surface area contributed by atoms with Gasteiger partial charge < -0.3 is 10.1 Å². The molecule has 3 nitrogen and oxygen atoms in total. The molecule has 0 aliphatic carbocycles. The highest BCUT2D eigenvalue weighted by Crippen LogP contribution is 2.16. The molecule has 0 saturated carbocycles. The molecule has 102 valence electrons. The van der Waals surface area contributed by atoms with Gasteiger partial charge in [0.05, 0.1) is 6.61 Å². The first-order valence-electron chi connectivity index (χ1n) is 7.16. The van der Waals surface area contributed by atoms with E-state index in [4.69, 9.17) is 4.74 Å². The molecule has 1 heterocycles. The molecule has 1 N–H and O–H groups in total. The van der Waals surface area contributed by atoms with E-state index in [0.29, 0.717) is 18.5 Å². The van der Waals surface area contributed by atoms with Crippen LogP contribution in [0.15, 0.2) is 18.2 Å². The molecule has 1 aromatic heterocycles. The normalized spacial score (nSPS) is 12.2. The van der Waals surface area contributed by atoms with Crippen LogP contribution in [-0.2, 0) is 0 Å². The molecule has 18 heavy (non-hydrogen) atoms. The Labute approximate surface area is 111 Å². The van der Waals surface area contributed by atoms with Gasteiger partial charge in [-0.25, -0.2) is 0 Å². The number of nitrogens with one attached hydrogen (secondary N) is 1. The Morgan fingerprint density at radius 3 is 2.67 bits per heavy atom. The van der Waals surface area contributed by atoms with E-state index >= 15 is 0 Å². The quantitative estimate of drug-likeness (QED) is 0.711. The van der Waals surface area contributed by atoms with Gasteiger partial charge in [-0.3, -0.25) is 0 Å². The van der Waals surface area contributed by atoms with Gasteiger partial charge in [0, 0.05) is 12.1 Å². The maximum Gasteiger partial charge on any atom is 0.215 e. The highest BCUT2D eigenvalue weighted by atomic mass is 16.5. The Bertz CT molecular complexity index is 328. The second-order valence-electron chi connectivity index (χ2n) is 4.57. The monoisotopic (exact) mass is 250 g/mol. The van der Waals surface area contributed by atoms with Gasteiger partial charge in [0.2, 0.25) is 5.88 Å². The van der Waals surface area contributed by atoms with Crippen LogP contribution in [0.4, 0.5) is 5.82 Å². The van der Waals surface area contributed by atoms with Crippen molar-refractivity contribution in [2.45, 2.75) is 58.9 Å². The first-order valence-corrected chi connectivity index (χ1v) is 7.16. The van der Waals surface area contributed by atoms with Crippen LogP contribution < -0.4 is 10.1 Å². The lowest BCUT2D eigenvalue weighted by Gasteiger charge is -2.18. The summed E-state index contributed by atoms with van der Waals surface area (Å²) in [5.41, 5.74) is 0. The van der Waals surface area contributed by atoms with Crippen LogP contribution in [0.2, 0.25) is 0 Å². The maximum atomic E-state index is 5.42. The Morgan fingerprint density at radius 1 is 1.17 bits per heavy atom. The van der Waals surface area contributed by atoms with Gasteiger partial charge >= 0.3 is 0 Å². The van der Waals surface area contributed by atoms with E-state index < -0.39 is 0 Å². The van der Waals surface area contributed by atoms with Crippen LogP contribution in [0.1, 0.15) is 52.9 Å². The van der Waals surface area contributed by atoms with E-state index in [0.717, 1.165) is 5.82 Å². The fourth-order valence-corrected chi connectivity index (χ4v) is 2.02. The van der Waals surface area contributed by atoms with E-state index in [1.54, 1.807) is 0 Å². The Balaban J connectivity index is 2.58. The van der Waals surface area contributed by atoms with Crippen molar-refractivity contribution in [2.24, 2.45) is 0 Å². The second-order valence-corrected chi connectivity index (χ2v) is 4.57. The molecule has 0 bridgehead atoms. The predicted octanol–water partition coefficient (Wildman–Crippen LogP) is 4.25. The summed E-state index contributed by atoms with van der Waals surface area (Å²) in [6.45, 7) is 7.09. The number of rotatable bonds is 9. The molecule has 0 amide bonds. The largest absolute Gasteiger partial charge is 0.478 e. The zero-order valence-corrected chi connectivity index (χ0v) is 11.9. The van der Waals surface area contributed by atoms with Crippen LogP contribution in [0.5, 0.6) is 5.88 Å². The summed E-state index contributed by atoms with van der Waals surface area (Å²) >= 11 is 0. The highest BCUT2D eigenvalue weighted by Gasteiger charge is 2.08. The molecule has 1 atom stereocenters. The lowest BCUT2D eigenvalue weighted by Crippen LogP contribution is -2.20. The zero-order valence-electron chi connectivity index (χ0n) is 11.9. The van der Waals surface area contributed by atoms with Crippen molar-refractivity contribution in [1.29, 1.82) is 0 Å². The Morgan fingerprint density at radius 2 is 2.00 bits per heavy atom. The fourth-order valence-electron chi connectivity index (χ4n) is 2.02. The first-order chi connectivity index (χ1) is 8.80. The van der Waals surface area contributed by atoms with Gasteiger partial charge in [-0.1, -0.05) is 39.2 Å². The lowest BCUT2D eigenvalue weighted by molar-refractivity contribution is 0.327. The molecule has 3 heteroatoms. The summed E-state index contributed by atoms with van der Waals surface area (Å²) < 4.78 is 5.42. The average molecular weight is 250 g/mol. The van der Waals surface area contributed by atoms with Gasteiger partial charge in [0.15, 0.2) is 0 Å². The van der Waals surface area contributed by atoms with Gasteiger partial charge in [-0.2, -0.15) is 4.98 Å². The lowest BCUT2D eigenvalue weighted by atomic mass is 10.1. The van der Waals surface area contributed by atoms with Crippen molar-refractivity contribution in [3.63, 3.8) is 0 Å². The van der Waals surface area contributed by atoms with E-state index in [1.807, 2.05) is 25.1 Å². The van der Waals surface area contributed by atoms with Gasteiger partial charge in [0.1, 0.15) is 5.82 Å². The predicted molar refractivity (Wildman–Crippen MR) is 77.2 cm³/mol. The molecular weight excluding hydrogens is 224 g/mol. The van der Waals surface area contributed by atoms with Crippen LogP contribution in [0.3, 0.4) is 0 Å². The van der Waals surface area contributed by atoms with E-state index in [2.05, 4.69) is 24.1 Å². The second kappa shape index (κ2) is 8.78. The summed E-state index contributed by atoms with van der Waals surface area (Å²) in [5, 5.41) is 3.52. The smallest absolute Gasteiger partial charge is 0.215 e. The summed E-state index contributed by atoms with van der Waals surface area (Å²) in [7, 11) is 0. The number of aromatic nitrogens is 1. The van der Waals surface area contributed by atoms with Crippen molar-refractivity contribution in [2.75, 3.05) is 11.9 Å². The molecule has 1 rings (SSSR count). The molecule has 1 aromatic rings. The van der Waals surface area contributed by atoms with Crippen LogP contribution in [0.25, 0.3) is 0 Å². The van der Waals surface area contributed by atoms with Gasteiger partial charge in [0.25, 0.3) is 0 Å². The number of hydrogen-bond acceptors (Lipinski definition) is 3. The minimum absolute atomic E-state index is 0.527. The van der Waals surface area contributed by atoms with Crippen molar-refractivity contribution in [3.05, 3.63) is 18.2 Å². The van der Waals surface area contributed by atoms with Crippen molar-refractivity contribution in [3.8, 4) is 5.88 Å². The molecule has 0 radical (unpaired) electrons. The highest BCUT2D eigenvalue weighted by molar-refractivity contribution is 5.38. The number of unbranched alkanes of at least 4 members (excludes halogenated alkanes) is 1. The maximum absolute atomic E-state index is 5.42. The summed E-state index contributed by atoms with van der Waals surface area (Å²) in [6.07, 6.45) is 6.12. The topological polar surface area (TPSA) is 34.1 Å². The third-order valence-electron chi connectivity index (χ3n) is 2.91. The molecule has 0 saturated heterocycles. The fraction of sp³-hybridized carbons (Fsp3) is 0.667. The molecule has 0 spiro atoms. The minimum Gasteiger partial charge on any atom is -0.478 e. The molecule has 1 unspecified atom stereocenters. The first kappa shape index (κ1) is 14.8. The van der Waals surface area contributed by atoms with Crippen LogP contribution >= 0.6 is 0 Å². The minimum atomic E-state index is 0.527. The third-order valence-corrected chi connectivity index (χ3v) is 2.91. The van der Waals surface area contributed by atoms with Gasteiger partial charge in [-0.15, -0.1) is 0 Å². The van der Waals surface area contributed by atoms with Gasteiger partial charge in [-0.05, 0) is 25.8 Å². The van der Waals surface area contributed by atoms with Crippen LogP contribution in [-0.4, -0.2) is 17.6 Å². The van der Waals surface area contributed by atoms with E-state index in [1.165, 1.54) is 32.1 Å². The summed E-state index contributed by atoms with van der Waals surface area (Å²) in [5.74, 6) is 1.63. The molecule has 0 aliphatic heterocycles.